The zero-order valence-electron chi connectivity index (χ0n) is 13.3. The van der Waals surface area contributed by atoms with Crippen LogP contribution in [0.4, 0.5) is 0 Å². The van der Waals surface area contributed by atoms with Crippen LogP contribution in [-0.2, 0) is 0 Å². The van der Waals surface area contributed by atoms with Crippen LogP contribution in [-0.4, -0.2) is 30.1 Å². The zero-order valence-corrected chi connectivity index (χ0v) is 13.3. The van der Waals surface area contributed by atoms with Crippen LogP contribution in [0, 0.1) is 17.8 Å². The molecule has 0 bridgehead atoms. The van der Waals surface area contributed by atoms with Gasteiger partial charge in [-0.25, -0.2) is 0 Å². The lowest BCUT2D eigenvalue weighted by Gasteiger charge is -2.51. The molecule has 2 N–H and O–H groups in total. The minimum atomic E-state index is 0.315. The van der Waals surface area contributed by atoms with Crippen molar-refractivity contribution in [3.8, 4) is 0 Å². The number of hydrogen-bond donors (Lipinski definition) is 1. The van der Waals surface area contributed by atoms with Crippen molar-refractivity contribution in [3.63, 3.8) is 0 Å². The van der Waals surface area contributed by atoms with E-state index in [1.807, 2.05) is 0 Å². The van der Waals surface area contributed by atoms with Crippen LogP contribution in [0.1, 0.15) is 65.7 Å². The van der Waals surface area contributed by atoms with Gasteiger partial charge in [-0.2, -0.15) is 0 Å². The topological polar surface area (TPSA) is 29.3 Å². The van der Waals surface area contributed by atoms with E-state index in [0.29, 0.717) is 5.54 Å². The SMILES string of the molecule is CCC1CCCN(C2(CN)CCC(C)CC2C)CC1. The summed E-state index contributed by atoms with van der Waals surface area (Å²) in [4.78, 5) is 2.79. The molecule has 0 aromatic carbocycles. The third-order valence-electron chi connectivity index (χ3n) is 6.15. The highest BCUT2D eigenvalue weighted by molar-refractivity contribution is 5.00. The second-order valence-electron chi connectivity index (χ2n) is 7.28. The van der Waals surface area contributed by atoms with Gasteiger partial charge in [-0.15, -0.1) is 0 Å². The van der Waals surface area contributed by atoms with Gasteiger partial charge >= 0.3 is 0 Å². The molecule has 1 saturated carbocycles. The first kappa shape index (κ1) is 15.3. The standard InChI is InChI=1S/C17H34N2/c1-4-16-6-5-10-19(11-8-16)17(13-18)9-7-14(2)12-15(17)3/h14-16H,4-13,18H2,1-3H3. The largest absolute Gasteiger partial charge is 0.329 e. The maximum absolute atomic E-state index is 6.28. The van der Waals surface area contributed by atoms with Crippen molar-refractivity contribution in [2.24, 2.45) is 23.5 Å². The van der Waals surface area contributed by atoms with Crippen LogP contribution in [0.15, 0.2) is 0 Å². The van der Waals surface area contributed by atoms with Crippen LogP contribution in [0.3, 0.4) is 0 Å². The van der Waals surface area contributed by atoms with Crippen molar-refractivity contribution in [1.29, 1.82) is 0 Å². The molecule has 112 valence electrons. The zero-order chi connectivity index (χ0) is 13.9. The molecule has 0 amide bonds. The number of likely N-dealkylation sites (tertiary alicyclic amines) is 1. The van der Waals surface area contributed by atoms with Gasteiger partial charge in [0.05, 0.1) is 0 Å². The Kier molecular flexibility index (Phi) is 5.30. The first-order chi connectivity index (χ1) is 9.12. The van der Waals surface area contributed by atoms with Crippen molar-refractivity contribution in [3.05, 3.63) is 0 Å². The fourth-order valence-electron chi connectivity index (χ4n) is 4.60. The molecule has 2 aliphatic rings. The molecule has 0 aromatic heterocycles. The van der Waals surface area contributed by atoms with Crippen LogP contribution < -0.4 is 5.73 Å². The normalized spacial score (nSPS) is 42.0. The summed E-state index contributed by atoms with van der Waals surface area (Å²) < 4.78 is 0. The molecule has 0 spiro atoms. The highest BCUT2D eigenvalue weighted by atomic mass is 15.2. The molecule has 2 nitrogen and oxygen atoms in total. The summed E-state index contributed by atoms with van der Waals surface area (Å²) in [5, 5.41) is 0. The molecule has 1 aliphatic heterocycles. The predicted octanol–water partition coefficient (Wildman–Crippen LogP) is 3.65. The van der Waals surface area contributed by atoms with Crippen LogP contribution in [0.2, 0.25) is 0 Å². The summed E-state index contributed by atoms with van der Waals surface area (Å²) in [5.41, 5.74) is 6.60. The molecular formula is C17H34N2. The van der Waals surface area contributed by atoms with Crippen molar-refractivity contribution in [2.75, 3.05) is 19.6 Å². The number of nitrogens with two attached hydrogens (primary N) is 1. The summed E-state index contributed by atoms with van der Waals surface area (Å²) in [6.45, 7) is 10.6. The molecule has 1 heterocycles. The fourth-order valence-corrected chi connectivity index (χ4v) is 4.60. The van der Waals surface area contributed by atoms with Crippen LogP contribution in [0.25, 0.3) is 0 Å². The minimum absolute atomic E-state index is 0.315. The molecule has 19 heavy (non-hydrogen) atoms. The summed E-state index contributed by atoms with van der Waals surface area (Å²) >= 11 is 0. The predicted molar refractivity (Wildman–Crippen MR) is 83.2 cm³/mol. The molecule has 2 heteroatoms. The lowest BCUT2D eigenvalue weighted by molar-refractivity contribution is 0.00128. The maximum Gasteiger partial charge on any atom is 0.0357 e. The smallest absolute Gasteiger partial charge is 0.0357 e. The van der Waals surface area contributed by atoms with E-state index in [1.54, 1.807) is 0 Å². The Morgan fingerprint density at radius 1 is 1.16 bits per heavy atom. The van der Waals surface area contributed by atoms with Crippen LogP contribution in [0.5, 0.6) is 0 Å². The summed E-state index contributed by atoms with van der Waals surface area (Å²) in [6, 6.07) is 0. The number of rotatable bonds is 3. The van der Waals surface area contributed by atoms with Gasteiger partial charge in [0.15, 0.2) is 0 Å². The quantitative estimate of drug-likeness (QED) is 0.845. The summed E-state index contributed by atoms with van der Waals surface area (Å²) in [5.74, 6) is 2.61. The van der Waals surface area contributed by atoms with Crippen LogP contribution >= 0.6 is 0 Å². The van der Waals surface area contributed by atoms with E-state index in [4.69, 9.17) is 5.73 Å². The van der Waals surface area contributed by atoms with Gasteiger partial charge in [-0.3, -0.25) is 4.90 Å². The second kappa shape index (κ2) is 6.58. The van der Waals surface area contributed by atoms with E-state index in [1.165, 1.54) is 58.0 Å². The van der Waals surface area contributed by atoms with Gasteiger partial charge in [-0.05, 0) is 69.4 Å². The van der Waals surface area contributed by atoms with E-state index >= 15 is 0 Å². The Bertz CT molecular complexity index is 278. The Balaban J connectivity index is 2.08. The van der Waals surface area contributed by atoms with E-state index in [0.717, 1.165) is 24.3 Å². The second-order valence-corrected chi connectivity index (χ2v) is 7.28. The number of nitrogens with zero attached hydrogens (tertiary/aromatic N) is 1. The molecule has 0 aromatic rings. The highest BCUT2D eigenvalue weighted by Crippen LogP contribution is 2.41. The molecule has 0 radical (unpaired) electrons. The lowest BCUT2D eigenvalue weighted by Crippen LogP contribution is -2.60. The monoisotopic (exact) mass is 266 g/mol. The molecule has 2 fully saturated rings. The average molecular weight is 266 g/mol. The van der Waals surface area contributed by atoms with Gasteiger partial charge in [0.1, 0.15) is 0 Å². The first-order valence-corrected chi connectivity index (χ1v) is 8.57. The van der Waals surface area contributed by atoms with Crippen molar-refractivity contribution in [1.82, 2.24) is 4.90 Å². The summed E-state index contributed by atoms with van der Waals surface area (Å²) in [6.07, 6.45) is 9.61. The van der Waals surface area contributed by atoms with Crippen molar-refractivity contribution in [2.45, 2.75) is 71.3 Å². The third kappa shape index (κ3) is 3.16. The Labute approximate surface area is 120 Å². The van der Waals surface area contributed by atoms with Gasteiger partial charge in [0.2, 0.25) is 0 Å². The molecule has 4 atom stereocenters. The highest BCUT2D eigenvalue weighted by Gasteiger charge is 2.43. The number of hydrogen-bond acceptors (Lipinski definition) is 2. The molecular weight excluding hydrogens is 232 g/mol. The Morgan fingerprint density at radius 2 is 1.95 bits per heavy atom. The van der Waals surface area contributed by atoms with Gasteiger partial charge < -0.3 is 5.73 Å². The van der Waals surface area contributed by atoms with E-state index in [-0.39, 0.29) is 0 Å². The van der Waals surface area contributed by atoms with E-state index in [2.05, 4.69) is 25.7 Å². The average Bonchev–Trinajstić information content (AvgIpc) is 2.65. The molecule has 2 rings (SSSR count). The van der Waals surface area contributed by atoms with Crippen molar-refractivity contribution < 1.29 is 0 Å². The third-order valence-corrected chi connectivity index (χ3v) is 6.15. The van der Waals surface area contributed by atoms with Gasteiger partial charge in [0, 0.05) is 12.1 Å². The van der Waals surface area contributed by atoms with E-state index < -0.39 is 0 Å². The fraction of sp³-hybridized carbons (Fsp3) is 1.00. The lowest BCUT2D eigenvalue weighted by atomic mass is 9.69. The first-order valence-electron chi connectivity index (χ1n) is 8.57. The van der Waals surface area contributed by atoms with Gasteiger partial charge in [-0.1, -0.05) is 27.2 Å². The molecule has 1 saturated heterocycles. The molecule has 1 aliphatic carbocycles. The minimum Gasteiger partial charge on any atom is -0.329 e. The van der Waals surface area contributed by atoms with E-state index in [9.17, 15) is 0 Å². The molecule has 4 unspecified atom stereocenters. The maximum atomic E-state index is 6.28. The Hall–Kier alpha value is -0.0800. The summed E-state index contributed by atoms with van der Waals surface area (Å²) in [7, 11) is 0. The van der Waals surface area contributed by atoms with Crippen molar-refractivity contribution >= 4 is 0 Å². The van der Waals surface area contributed by atoms with Gasteiger partial charge in [0.25, 0.3) is 0 Å². The Morgan fingerprint density at radius 3 is 2.58 bits per heavy atom.